The topological polar surface area (TPSA) is 32.3 Å². The molecule has 0 aliphatic rings. The zero-order valence-electron chi connectivity index (χ0n) is 9.25. The van der Waals surface area contributed by atoms with Crippen LogP contribution in [0.4, 0.5) is 5.69 Å². The molecule has 18 heavy (non-hydrogen) atoms. The third kappa shape index (κ3) is 3.10. The molecular formula is C13H10BrCl2NO. The van der Waals surface area contributed by atoms with E-state index < -0.39 is 0 Å². The van der Waals surface area contributed by atoms with Crippen LogP contribution in [-0.4, -0.2) is 5.11 Å². The summed E-state index contributed by atoms with van der Waals surface area (Å²) in [5.41, 5.74) is 1.53. The summed E-state index contributed by atoms with van der Waals surface area (Å²) in [7, 11) is 0. The second-order valence-electron chi connectivity index (χ2n) is 3.72. The highest BCUT2D eigenvalue weighted by Gasteiger charge is 2.06. The van der Waals surface area contributed by atoms with Crippen LogP contribution in [0.2, 0.25) is 10.0 Å². The molecule has 94 valence electrons. The van der Waals surface area contributed by atoms with Crippen LogP contribution in [-0.2, 0) is 6.54 Å². The lowest BCUT2D eigenvalue weighted by Crippen LogP contribution is -2.00. The van der Waals surface area contributed by atoms with Gasteiger partial charge in [-0.3, -0.25) is 0 Å². The molecule has 2 aromatic carbocycles. The molecule has 0 aliphatic heterocycles. The van der Waals surface area contributed by atoms with Gasteiger partial charge in [0.15, 0.2) is 0 Å². The van der Waals surface area contributed by atoms with Crippen molar-refractivity contribution in [1.29, 1.82) is 0 Å². The highest BCUT2D eigenvalue weighted by atomic mass is 79.9. The van der Waals surface area contributed by atoms with Crippen LogP contribution < -0.4 is 5.32 Å². The highest BCUT2D eigenvalue weighted by Crippen LogP contribution is 2.28. The predicted octanol–water partition coefficient (Wildman–Crippen LogP) is 5.07. The molecule has 0 bridgehead atoms. The number of hydrogen-bond acceptors (Lipinski definition) is 2. The molecule has 0 aliphatic carbocycles. The first-order chi connectivity index (χ1) is 8.58. The van der Waals surface area contributed by atoms with E-state index in [0.29, 0.717) is 22.2 Å². The van der Waals surface area contributed by atoms with Crippen molar-refractivity contribution >= 4 is 44.8 Å². The fourth-order valence-corrected chi connectivity index (χ4v) is 2.18. The van der Waals surface area contributed by atoms with E-state index >= 15 is 0 Å². The van der Waals surface area contributed by atoms with Gasteiger partial charge in [-0.05, 0) is 46.3 Å². The lowest BCUT2D eigenvalue weighted by Gasteiger charge is -2.10. The van der Waals surface area contributed by atoms with Gasteiger partial charge in [0.1, 0.15) is 5.75 Å². The van der Waals surface area contributed by atoms with E-state index in [1.807, 2.05) is 12.1 Å². The third-order valence-corrected chi connectivity index (χ3v) is 4.07. The molecule has 0 saturated carbocycles. The van der Waals surface area contributed by atoms with Gasteiger partial charge in [-0.15, -0.1) is 0 Å². The van der Waals surface area contributed by atoms with Gasteiger partial charge in [0.05, 0.1) is 5.02 Å². The van der Waals surface area contributed by atoms with E-state index in [9.17, 15) is 5.11 Å². The molecule has 0 aromatic heterocycles. The Labute approximate surface area is 124 Å². The normalized spacial score (nSPS) is 10.4. The second kappa shape index (κ2) is 5.83. The highest BCUT2D eigenvalue weighted by molar-refractivity contribution is 9.10. The Morgan fingerprint density at radius 2 is 1.89 bits per heavy atom. The summed E-state index contributed by atoms with van der Waals surface area (Å²) in [4.78, 5) is 0. The van der Waals surface area contributed by atoms with E-state index in [2.05, 4.69) is 21.2 Å². The SMILES string of the molecule is Oc1cccc(Cl)c1CNc1ccc(Br)c(Cl)c1. The Hall–Kier alpha value is -0.900. The van der Waals surface area contributed by atoms with Crippen molar-refractivity contribution in [3.63, 3.8) is 0 Å². The molecule has 0 radical (unpaired) electrons. The smallest absolute Gasteiger partial charge is 0.122 e. The van der Waals surface area contributed by atoms with Crippen molar-refractivity contribution in [2.75, 3.05) is 5.32 Å². The van der Waals surface area contributed by atoms with E-state index in [-0.39, 0.29) is 5.75 Å². The number of phenolic OH excluding ortho intramolecular Hbond substituents is 1. The second-order valence-corrected chi connectivity index (χ2v) is 5.39. The zero-order chi connectivity index (χ0) is 13.1. The maximum atomic E-state index is 9.71. The number of hydrogen-bond donors (Lipinski definition) is 2. The molecule has 0 unspecified atom stereocenters. The van der Waals surface area contributed by atoms with Crippen LogP contribution in [0.25, 0.3) is 0 Å². The van der Waals surface area contributed by atoms with E-state index in [4.69, 9.17) is 23.2 Å². The first-order valence-corrected chi connectivity index (χ1v) is 6.78. The lowest BCUT2D eigenvalue weighted by molar-refractivity contribution is 0.469. The van der Waals surface area contributed by atoms with Gasteiger partial charge >= 0.3 is 0 Å². The molecule has 0 amide bonds. The minimum absolute atomic E-state index is 0.179. The van der Waals surface area contributed by atoms with Crippen molar-refractivity contribution in [1.82, 2.24) is 0 Å². The summed E-state index contributed by atoms with van der Waals surface area (Å²) >= 11 is 15.3. The predicted molar refractivity (Wildman–Crippen MR) is 79.6 cm³/mol. The Morgan fingerprint density at radius 1 is 1.11 bits per heavy atom. The Balaban J connectivity index is 2.14. The van der Waals surface area contributed by atoms with Crippen LogP contribution in [0, 0.1) is 0 Å². The Kier molecular flexibility index (Phi) is 4.38. The summed E-state index contributed by atoms with van der Waals surface area (Å²) in [6.45, 7) is 0.434. The minimum Gasteiger partial charge on any atom is -0.508 e. The van der Waals surface area contributed by atoms with Crippen LogP contribution in [0.15, 0.2) is 40.9 Å². The van der Waals surface area contributed by atoms with Crippen LogP contribution >= 0.6 is 39.1 Å². The summed E-state index contributed by atoms with van der Waals surface area (Å²) in [5.74, 6) is 0.179. The number of aromatic hydroxyl groups is 1. The van der Waals surface area contributed by atoms with Crippen LogP contribution in [0.5, 0.6) is 5.75 Å². The third-order valence-electron chi connectivity index (χ3n) is 2.48. The average Bonchev–Trinajstić information content (AvgIpc) is 2.33. The number of rotatable bonds is 3. The molecular weight excluding hydrogens is 337 g/mol. The average molecular weight is 347 g/mol. The zero-order valence-corrected chi connectivity index (χ0v) is 12.4. The van der Waals surface area contributed by atoms with Crippen molar-refractivity contribution < 1.29 is 5.11 Å². The lowest BCUT2D eigenvalue weighted by atomic mass is 10.2. The fourth-order valence-electron chi connectivity index (χ4n) is 1.52. The molecule has 0 atom stereocenters. The van der Waals surface area contributed by atoms with Gasteiger partial charge < -0.3 is 10.4 Å². The van der Waals surface area contributed by atoms with Crippen molar-refractivity contribution in [3.05, 3.63) is 56.5 Å². The van der Waals surface area contributed by atoms with Gasteiger partial charge in [-0.2, -0.15) is 0 Å². The Bertz CT molecular complexity index is 555. The van der Waals surface area contributed by atoms with Gasteiger partial charge in [0, 0.05) is 27.3 Å². The maximum absolute atomic E-state index is 9.71. The molecule has 5 heteroatoms. The first-order valence-electron chi connectivity index (χ1n) is 5.23. The molecule has 0 heterocycles. The number of halogens is 3. The quantitative estimate of drug-likeness (QED) is 0.812. The van der Waals surface area contributed by atoms with Crippen molar-refractivity contribution in [3.8, 4) is 5.75 Å². The fraction of sp³-hybridized carbons (Fsp3) is 0.0769. The Morgan fingerprint density at radius 3 is 2.56 bits per heavy atom. The monoisotopic (exact) mass is 345 g/mol. The largest absolute Gasteiger partial charge is 0.508 e. The standard InChI is InChI=1S/C13H10BrCl2NO/c14-10-5-4-8(6-12(10)16)17-7-9-11(15)2-1-3-13(9)18/h1-6,17-18H,7H2. The van der Waals surface area contributed by atoms with Crippen LogP contribution in [0.3, 0.4) is 0 Å². The molecule has 2 aromatic rings. The van der Waals surface area contributed by atoms with Gasteiger partial charge in [0.25, 0.3) is 0 Å². The van der Waals surface area contributed by atoms with Crippen molar-refractivity contribution in [2.24, 2.45) is 0 Å². The molecule has 2 N–H and O–H groups in total. The summed E-state index contributed by atoms with van der Waals surface area (Å²) in [6.07, 6.45) is 0. The molecule has 2 rings (SSSR count). The number of anilines is 1. The summed E-state index contributed by atoms with van der Waals surface area (Å²) < 4.78 is 0.843. The van der Waals surface area contributed by atoms with Crippen molar-refractivity contribution in [2.45, 2.75) is 6.54 Å². The first kappa shape index (κ1) is 13.5. The summed E-state index contributed by atoms with van der Waals surface area (Å²) in [6, 6.07) is 10.6. The number of nitrogens with one attached hydrogen (secondary N) is 1. The number of phenols is 1. The molecule has 2 nitrogen and oxygen atoms in total. The number of benzene rings is 2. The van der Waals surface area contributed by atoms with Crippen LogP contribution in [0.1, 0.15) is 5.56 Å². The van der Waals surface area contributed by atoms with E-state index in [1.165, 1.54) is 0 Å². The van der Waals surface area contributed by atoms with E-state index in [1.54, 1.807) is 24.3 Å². The van der Waals surface area contributed by atoms with E-state index in [0.717, 1.165) is 10.2 Å². The summed E-state index contributed by atoms with van der Waals surface area (Å²) in [5, 5.41) is 14.0. The van der Waals surface area contributed by atoms with Gasteiger partial charge in [0.2, 0.25) is 0 Å². The molecule has 0 fully saturated rings. The molecule has 0 spiro atoms. The van der Waals surface area contributed by atoms with Gasteiger partial charge in [-0.25, -0.2) is 0 Å². The maximum Gasteiger partial charge on any atom is 0.122 e. The van der Waals surface area contributed by atoms with Gasteiger partial charge in [-0.1, -0.05) is 29.3 Å². The minimum atomic E-state index is 0.179. The molecule has 0 saturated heterocycles.